The minimum absolute atomic E-state index is 0.316. The number of carbonyl (C=O) groups excluding carboxylic acids is 1. The van der Waals surface area contributed by atoms with Crippen LogP contribution in [-0.4, -0.2) is 48.6 Å². The lowest BCUT2D eigenvalue weighted by Gasteiger charge is -2.17. The zero-order chi connectivity index (χ0) is 14.3. The molecule has 1 aromatic heterocycles. The Morgan fingerprint density at radius 2 is 2.21 bits per heavy atom. The molecule has 0 fully saturated rings. The van der Waals surface area contributed by atoms with Gasteiger partial charge in [0.2, 0.25) is 5.91 Å². The Morgan fingerprint density at radius 3 is 2.79 bits per heavy atom. The molecule has 1 aromatic rings. The smallest absolute Gasteiger partial charge is 0.344 e. The molecule has 1 rings (SSSR count). The summed E-state index contributed by atoms with van der Waals surface area (Å²) in [7, 11) is 1.56. The van der Waals surface area contributed by atoms with Crippen molar-refractivity contribution in [3.8, 4) is 0 Å². The van der Waals surface area contributed by atoms with Gasteiger partial charge in [-0.25, -0.2) is 0 Å². The summed E-state index contributed by atoms with van der Waals surface area (Å²) in [6.45, 7) is -1.03. The molecule has 1 N–H and O–H groups in total. The minimum Gasteiger partial charge on any atom is -0.344 e. The van der Waals surface area contributed by atoms with Crippen molar-refractivity contribution in [2.75, 3.05) is 26.7 Å². The predicted octanol–water partition coefficient (Wildman–Crippen LogP) is 1.23. The summed E-state index contributed by atoms with van der Waals surface area (Å²) < 4.78 is 35.6. The van der Waals surface area contributed by atoms with Gasteiger partial charge < -0.3 is 10.2 Å². The number of hydrogen-bond donors (Lipinski definition) is 1. The summed E-state index contributed by atoms with van der Waals surface area (Å²) in [5, 5.41) is 2.08. The lowest BCUT2D eigenvalue weighted by atomic mass is 10.2. The minimum atomic E-state index is -4.30. The van der Waals surface area contributed by atoms with Crippen molar-refractivity contribution in [3.63, 3.8) is 0 Å². The first kappa shape index (κ1) is 15.4. The Labute approximate surface area is 109 Å². The highest BCUT2D eigenvalue weighted by Crippen LogP contribution is 2.11. The van der Waals surface area contributed by atoms with Crippen LogP contribution in [0.3, 0.4) is 0 Å². The number of pyridine rings is 1. The molecular weight excluding hydrogens is 259 g/mol. The quantitative estimate of drug-likeness (QED) is 0.849. The lowest BCUT2D eigenvalue weighted by Crippen LogP contribution is -2.39. The van der Waals surface area contributed by atoms with E-state index in [1.54, 1.807) is 25.5 Å². The predicted molar refractivity (Wildman–Crippen MR) is 64.5 cm³/mol. The fourth-order valence-corrected chi connectivity index (χ4v) is 1.41. The van der Waals surface area contributed by atoms with Crippen LogP contribution in [0.2, 0.25) is 0 Å². The van der Waals surface area contributed by atoms with Gasteiger partial charge in [0, 0.05) is 26.0 Å². The van der Waals surface area contributed by atoms with Crippen LogP contribution in [0, 0.1) is 0 Å². The molecule has 1 heterocycles. The van der Waals surface area contributed by atoms with Crippen LogP contribution in [0.5, 0.6) is 0 Å². The summed E-state index contributed by atoms with van der Waals surface area (Å²) >= 11 is 0. The van der Waals surface area contributed by atoms with Gasteiger partial charge in [-0.3, -0.25) is 9.78 Å². The second-order valence-electron chi connectivity index (χ2n) is 4.15. The van der Waals surface area contributed by atoms with E-state index in [9.17, 15) is 18.0 Å². The average Bonchev–Trinajstić information content (AvgIpc) is 2.35. The zero-order valence-electron chi connectivity index (χ0n) is 10.6. The molecule has 0 aromatic carbocycles. The van der Waals surface area contributed by atoms with E-state index < -0.39 is 12.7 Å². The van der Waals surface area contributed by atoms with E-state index in [0.29, 0.717) is 13.0 Å². The van der Waals surface area contributed by atoms with Gasteiger partial charge >= 0.3 is 6.18 Å². The molecule has 0 atom stereocenters. The maximum Gasteiger partial charge on any atom is 0.401 e. The van der Waals surface area contributed by atoms with Gasteiger partial charge in [0.25, 0.3) is 0 Å². The number of aromatic nitrogens is 1. The largest absolute Gasteiger partial charge is 0.401 e. The van der Waals surface area contributed by atoms with Crippen LogP contribution >= 0.6 is 0 Å². The number of carbonyl (C=O) groups is 1. The van der Waals surface area contributed by atoms with Gasteiger partial charge in [-0.2, -0.15) is 13.2 Å². The molecule has 4 nitrogen and oxygen atoms in total. The molecule has 0 aliphatic heterocycles. The molecule has 7 heteroatoms. The van der Waals surface area contributed by atoms with Crippen LogP contribution in [0.15, 0.2) is 24.5 Å². The van der Waals surface area contributed by atoms with E-state index in [4.69, 9.17) is 0 Å². The first-order chi connectivity index (χ1) is 8.88. The monoisotopic (exact) mass is 275 g/mol. The SMILES string of the molecule is CN(CCc1cccnc1)C(=O)CNCC(F)(F)F. The summed E-state index contributed by atoms with van der Waals surface area (Å²) in [6, 6.07) is 3.68. The van der Waals surface area contributed by atoms with Gasteiger partial charge in [-0.15, -0.1) is 0 Å². The number of likely N-dealkylation sites (N-methyl/N-ethyl adjacent to an activating group) is 1. The van der Waals surface area contributed by atoms with E-state index in [0.717, 1.165) is 5.56 Å². The van der Waals surface area contributed by atoms with E-state index in [2.05, 4.69) is 10.3 Å². The van der Waals surface area contributed by atoms with E-state index in [1.165, 1.54) is 4.90 Å². The van der Waals surface area contributed by atoms with Crippen molar-refractivity contribution in [2.45, 2.75) is 12.6 Å². The fraction of sp³-hybridized carbons (Fsp3) is 0.500. The summed E-state index contributed by atoms with van der Waals surface area (Å²) in [5.74, 6) is -0.367. The lowest BCUT2D eigenvalue weighted by molar-refractivity contribution is -0.133. The number of nitrogens with zero attached hydrogens (tertiary/aromatic N) is 2. The van der Waals surface area contributed by atoms with Crippen molar-refractivity contribution in [1.82, 2.24) is 15.2 Å². The molecule has 19 heavy (non-hydrogen) atoms. The Kier molecular flexibility index (Phi) is 5.75. The van der Waals surface area contributed by atoms with E-state index in [-0.39, 0.29) is 12.5 Å². The topological polar surface area (TPSA) is 45.2 Å². The highest BCUT2D eigenvalue weighted by Gasteiger charge is 2.26. The first-order valence-electron chi connectivity index (χ1n) is 5.79. The fourth-order valence-electron chi connectivity index (χ4n) is 1.41. The van der Waals surface area contributed by atoms with Crippen molar-refractivity contribution < 1.29 is 18.0 Å². The summed E-state index contributed by atoms with van der Waals surface area (Å²) in [6.07, 6.45) is -0.330. The maximum absolute atomic E-state index is 11.9. The van der Waals surface area contributed by atoms with Crippen molar-refractivity contribution in [1.29, 1.82) is 0 Å². The molecule has 0 saturated carbocycles. The van der Waals surface area contributed by atoms with Crippen molar-refractivity contribution in [2.24, 2.45) is 0 Å². The normalized spacial score (nSPS) is 11.4. The van der Waals surface area contributed by atoms with Crippen LogP contribution in [-0.2, 0) is 11.2 Å². The van der Waals surface area contributed by atoms with Crippen LogP contribution < -0.4 is 5.32 Å². The van der Waals surface area contributed by atoms with E-state index in [1.807, 2.05) is 6.07 Å². The highest BCUT2D eigenvalue weighted by atomic mass is 19.4. The average molecular weight is 275 g/mol. The standard InChI is InChI=1S/C12H16F3N3O/c1-18(6-4-10-3-2-5-16-7-10)11(19)8-17-9-12(13,14)15/h2-3,5,7,17H,4,6,8-9H2,1H3. The van der Waals surface area contributed by atoms with E-state index >= 15 is 0 Å². The molecule has 0 unspecified atom stereocenters. The third-order valence-corrected chi connectivity index (χ3v) is 2.49. The van der Waals surface area contributed by atoms with Gasteiger partial charge in [0.1, 0.15) is 0 Å². The molecule has 0 spiro atoms. The Morgan fingerprint density at radius 1 is 1.47 bits per heavy atom. The summed E-state index contributed by atoms with van der Waals surface area (Å²) in [5.41, 5.74) is 0.977. The number of amides is 1. The molecule has 0 aliphatic rings. The van der Waals surface area contributed by atoms with Crippen LogP contribution in [0.1, 0.15) is 5.56 Å². The Balaban J connectivity index is 2.25. The number of halogens is 3. The van der Waals surface area contributed by atoms with Gasteiger partial charge in [0.05, 0.1) is 13.1 Å². The van der Waals surface area contributed by atoms with Crippen molar-refractivity contribution >= 4 is 5.91 Å². The third-order valence-electron chi connectivity index (χ3n) is 2.49. The second-order valence-corrected chi connectivity index (χ2v) is 4.15. The number of alkyl halides is 3. The molecular formula is C12H16F3N3O. The molecule has 106 valence electrons. The van der Waals surface area contributed by atoms with Crippen LogP contribution in [0.25, 0.3) is 0 Å². The zero-order valence-corrected chi connectivity index (χ0v) is 10.6. The Bertz CT molecular complexity index is 395. The Hall–Kier alpha value is -1.63. The molecule has 1 amide bonds. The third kappa shape index (κ3) is 6.76. The second kappa shape index (κ2) is 7.08. The van der Waals surface area contributed by atoms with Crippen molar-refractivity contribution in [3.05, 3.63) is 30.1 Å². The number of rotatable bonds is 6. The molecule has 0 aliphatic carbocycles. The van der Waals surface area contributed by atoms with Gasteiger partial charge in [0.15, 0.2) is 0 Å². The summed E-state index contributed by atoms with van der Waals surface area (Å²) in [4.78, 5) is 16.9. The number of nitrogens with one attached hydrogen (secondary N) is 1. The number of hydrogen-bond acceptors (Lipinski definition) is 3. The van der Waals surface area contributed by atoms with Gasteiger partial charge in [-0.1, -0.05) is 6.07 Å². The molecule has 0 radical (unpaired) electrons. The van der Waals surface area contributed by atoms with Crippen LogP contribution in [0.4, 0.5) is 13.2 Å². The first-order valence-corrected chi connectivity index (χ1v) is 5.79. The maximum atomic E-state index is 11.9. The molecule has 0 saturated heterocycles. The molecule has 0 bridgehead atoms. The highest BCUT2D eigenvalue weighted by molar-refractivity contribution is 5.77. The van der Waals surface area contributed by atoms with Gasteiger partial charge in [-0.05, 0) is 18.1 Å².